The Hall–Kier alpha value is -2.83. The molecule has 0 spiro atoms. The number of aromatic amines is 1. The van der Waals surface area contributed by atoms with Crippen LogP contribution >= 0.6 is 0 Å². The lowest BCUT2D eigenvalue weighted by Gasteiger charge is -2.42. The van der Waals surface area contributed by atoms with Crippen molar-refractivity contribution >= 4 is 16.5 Å². The molecule has 7 heteroatoms. The van der Waals surface area contributed by atoms with Gasteiger partial charge in [-0.2, -0.15) is 5.10 Å². The topological polar surface area (TPSA) is 57.8 Å². The van der Waals surface area contributed by atoms with Crippen LogP contribution in [0.15, 0.2) is 41.2 Å². The number of halogens is 3. The van der Waals surface area contributed by atoms with Gasteiger partial charge in [0, 0.05) is 35.9 Å². The first-order chi connectivity index (χ1) is 14.3. The number of aromatic nitrogens is 2. The van der Waals surface area contributed by atoms with Gasteiger partial charge in [0.2, 0.25) is 5.92 Å². The number of alkyl halides is 2. The van der Waals surface area contributed by atoms with Gasteiger partial charge in [0.15, 0.2) is 0 Å². The second-order valence-corrected chi connectivity index (χ2v) is 8.51. The molecule has 2 aromatic carbocycles. The molecule has 1 fully saturated rings. The molecule has 2 atom stereocenters. The number of aryl methyl sites for hydroxylation is 1. The minimum atomic E-state index is -2.63. The molecule has 4 nitrogen and oxygen atoms in total. The van der Waals surface area contributed by atoms with E-state index in [-0.39, 0.29) is 36.1 Å². The van der Waals surface area contributed by atoms with Gasteiger partial charge in [0.25, 0.3) is 5.56 Å². The first-order valence-electron chi connectivity index (χ1n) is 10.3. The molecule has 1 aromatic heterocycles. The number of nitrogens with one attached hydrogen (secondary N) is 2. The van der Waals surface area contributed by atoms with Crippen molar-refractivity contribution in [3.8, 4) is 0 Å². The molecule has 2 N–H and O–H groups in total. The van der Waals surface area contributed by atoms with Crippen molar-refractivity contribution in [3.63, 3.8) is 0 Å². The van der Waals surface area contributed by atoms with E-state index in [4.69, 9.17) is 0 Å². The van der Waals surface area contributed by atoms with Gasteiger partial charge in [0.05, 0.1) is 11.1 Å². The molecule has 0 saturated heterocycles. The van der Waals surface area contributed by atoms with Gasteiger partial charge >= 0.3 is 0 Å². The van der Waals surface area contributed by atoms with E-state index >= 15 is 0 Å². The summed E-state index contributed by atoms with van der Waals surface area (Å²) in [5, 5.41) is 11.2. The second-order valence-electron chi connectivity index (χ2n) is 8.51. The molecule has 0 radical (unpaired) electrons. The maximum Gasteiger partial charge on any atom is 0.272 e. The molecule has 1 aliphatic heterocycles. The number of anilines is 1. The summed E-state index contributed by atoms with van der Waals surface area (Å²) >= 11 is 0. The Balaban J connectivity index is 1.71. The maximum atomic E-state index is 14.3. The summed E-state index contributed by atoms with van der Waals surface area (Å²) in [6, 6.07) is 10.3. The first-order valence-corrected chi connectivity index (χ1v) is 10.3. The first kappa shape index (κ1) is 19.2. The van der Waals surface area contributed by atoms with Gasteiger partial charge in [0.1, 0.15) is 5.82 Å². The van der Waals surface area contributed by atoms with Crippen LogP contribution in [0.2, 0.25) is 0 Å². The standard InChI is InChI=1S/C23H22F3N3O/c1-12-4-2-3-5-15(12)19-20(13-6-8-23(25,26)9-7-13)27-17-11-14(24)10-16-18(17)21(19)28-29-22(16)30/h2-5,10-11,13,19-20,27H,6-9H2,1H3,(H,29,30)/t19-,20-/m1/s1. The minimum absolute atomic E-state index is 0.0190. The number of H-pyrrole nitrogens is 1. The summed E-state index contributed by atoms with van der Waals surface area (Å²) in [5.74, 6) is -3.40. The van der Waals surface area contributed by atoms with Crippen LogP contribution < -0.4 is 10.9 Å². The van der Waals surface area contributed by atoms with Crippen molar-refractivity contribution in [2.75, 3.05) is 5.32 Å². The van der Waals surface area contributed by atoms with Crippen LogP contribution in [0.3, 0.4) is 0 Å². The van der Waals surface area contributed by atoms with E-state index in [0.717, 1.165) is 11.1 Å². The third-order valence-corrected chi connectivity index (χ3v) is 6.65. The molecular formula is C23H22F3N3O. The van der Waals surface area contributed by atoms with Gasteiger partial charge in [-0.25, -0.2) is 18.3 Å². The van der Waals surface area contributed by atoms with Gasteiger partial charge < -0.3 is 5.32 Å². The SMILES string of the molecule is Cc1ccccc1[C@H]1c2n[nH]c(=O)c3cc(F)cc(c23)N[C@@H]1C1CCC(F)(F)CC1. The lowest BCUT2D eigenvalue weighted by atomic mass is 9.71. The van der Waals surface area contributed by atoms with Crippen LogP contribution in [-0.2, 0) is 0 Å². The van der Waals surface area contributed by atoms with Crippen molar-refractivity contribution < 1.29 is 13.2 Å². The molecule has 0 unspecified atom stereocenters. The van der Waals surface area contributed by atoms with E-state index < -0.39 is 17.3 Å². The van der Waals surface area contributed by atoms with Crippen molar-refractivity contribution in [2.45, 2.75) is 50.5 Å². The quantitative estimate of drug-likeness (QED) is 0.613. The lowest BCUT2D eigenvalue weighted by Crippen LogP contribution is -2.42. The van der Waals surface area contributed by atoms with Gasteiger partial charge in [-0.15, -0.1) is 0 Å². The lowest BCUT2D eigenvalue weighted by molar-refractivity contribution is -0.0480. The fraction of sp³-hybridized carbons (Fsp3) is 0.391. The highest BCUT2D eigenvalue weighted by Crippen LogP contribution is 2.47. The zero-order valence-electron chi connectivity index (χ0n) is 16.5. The molecule has 156 valence electrons. The molecule has 5 rings (SSSR count). The van der Waals surface area contributed by atoms with Crippen LogP contribution in [0.5, 0.6) is 0 Å². The smallest absolute Gasteiger partial charge is 0.272 e. The van der Waals surface area contributed by atoms with Crippen LogP contribution in [0.25, 0.3) is 10.8 Å². The summed E-state index contributed by atoms with van der Waals surface area (Å²) in [6.45, 7) is 2.00. The van der Waals surface area contributed by atoms with Crippen molar-refractivity contribution in [2.24, 2.45) is 5.92 Å². The van der Waals surface area contributed by atoms with E-state index in [9.17, 15) is 18.0 Å². The number of rotatable bonds is 2. The number of nitrogens with zero attached hydrogens (tertiary/aromatic N) is 1. The highest BCUT2D eigenvalue weighted by Gasteiger charge is 2.43. The van der Waals surface area contributed by atoms with Crippen molar-refractivity contribution in [1.82, 2.24) is 10.2 Å². The maximum absolute atomic E-state index is 14.3. The van der Waals surface area contributed by atoms with Crippen LogP contribution in [0.1, 0.15) is 48.4 Å². The van der Waals surface area contributed by atoms with Crippen molar-refractivity contribution in [3.05, 3.63) is 69.4 Å². The number of benzene rings is 2. The average molecular weight is 413 g/mol. The minimum Gasteiger partial charge on any atom is -0.380 e. The fourth-order valence-electron chi connectivity index (χ4n) is 5.15. The van der Waals surface area contributed by atoms with Gasteiger partial charge in [-0.05, 0) is 48.9 Å². The Morgan fingerprint density at radius 3 is 2.60 bits per heavy atom. The Kier molecular flexibility index (Phi) is 4.38. The molecule has 1 aliphatic carbocycles. The van der Waals surface area contributed by atoms with E-state index in [2.05, 4.69) is 15.5 Å². The highest BCUT2D eigenvalue weighted by molar-refractivity contribution is 5.97. The molecule has 0 amide bonds. The zero-order valence-corrected chi connectivity index (χ0v) is 16.5. The van der Waals surface area contributed by atoms with Crippen molar-refractivity contribution in [1.29, 1.82) is 0 Å². The molecule has 1 saturated carbocycles. The Bertz CT molecular complexity index is 1180. The molecular weight excluding hydrogens is 391 g/mol. The summed E-state index contributed by atoms with van der Waals surface area (Å²) < 4.78 is 41.9. The largest absolute Gasteiger partial charge is 0.380 e. The molecule has 2 aliphatic rings. The molecule has 3 aromatic rings. The predicted molar refractivity (Wildman–Crippen MR) is 110 cm³/mol. The van der Waals surface area contributed by atoms with E-state index in [1.807, 2.05) is 31.2 Å². The van der Waals surface area contributed by atoms with Gasteiger partial charge in [-0.3, -0.25) is 4.79 Å². The predicted octanol–water partition coefficient (Wildman–Crippen LogP) is 5.12. The van der Waals surface area contributed by atoms with Crippen LogP contribution in [-0.4, -0.2) is 22.2 Å². The molecule has 0 bridgehead atoms. The third kappa shape index (κ3) is 3.07. The van der Waals surface area contributed by atoms with E-state index in [1.54, 1.807) is 0 Å². The zero-order chi connectivity index (χ0) is 21.0. The summed E-state index contributed by atoms with van der Waals surface area (Å²) in [6.07, 6.45) is 0.454. The average Bonchev–Trinajstić information content (AvgIpc) is 2.70. The molecule has 2 heterocycles. The normalized spacial score (nSPS) is 23.3. The monoisotopic (exact) mass is 413 g/mol. The Morgan fingerprint density at radius 2 is 1.87 bits per heavy atom. The summed E-state index contributed by atoms with van der Waals surface area (Å²) in [5.41, 5.74) is 2.81. The number of hydrogen-bond donors (Lipinski definition) is 2. The second kappa shape index (κ2) is 6.86. The van der Waals surface area contributed by atoms with Crippen LogP contribution in [0, 0.1) is 18.7 Å². The number of hydrogen-bond acceptors (Lipinski definition) is 3. The summed E-state index contributed by atoms with van der Waals surface area (Å²) in [4.78, 5) is 12.3. The summed E-state index contributed by atoms with van der Waals surface area (Å²) in [7, 11) is 0. The van der Waals surface area contributed by atoms with E-state index in [1.165, 1.54) is 12.1 Å². The Morgan fingerprint density at radius 1 is 1.13 bits per heavy atom. The third-order valence-electron chi connectivity index (χ3n) is 6.65. The van der Waals surface area contributed by atoms with Crippen LogP contribution in [0.4, 0.5) is 18.9 Å². The van der Waals surface area contributed by atoms with Gasteiger partial charge in [-0.1, -0.05) is 24.3 Å². The fourth-order valence-corrected chi connectivity index (χ4v) is 5.15. The van der Waals surface area contributed by atoms with E-state index in [0.29, 0.717) is 29.6 Å². The Labute approximate surface area is 171 Å². The molecule has 30 heavy (non-hydrogen) atoms. The highest BCUT2D eigenvalue weighted by atomic mass is 19.3.